The third-order valence-corrected chi connectivity index (χ3v) is 3.60. The van der Waals surface area contributed by atoms with Crippen molar-refractivity contribution in [2.75, 3.05) is 11.9 Å². The van der Waals surface area contributed by atoms with Gasteiger partial charge in [-0.2, -0.15) is 0 Å². The molecule has 3 rings (SSSR count). The minimum Gasteiger partial charge on any atom is -0.370 e. The SMILES string of the molecule is Cc1cc2ncccc2cc1CCNc1cc(Cl)ncn1. The smallest absolute Gasteiger partial charge is 0.134 e. The Balaban J connectivity index is 1.71. The highest BCUT2D eigenvalue weighted by molar-refractivity contribution is 6.29. The zero-order chi connectivity index (χ0) is 14.7. The molecule has 1 N–H and O–H groups in total. The van der Waals surface area contributed by atoms with E-state index in [9.17, 15) is 0 Å². The van der Waals surface area contributed by atoms with Gasteiger partial charge >= 0.3 is 0 Å². The predicted molar refractivity (Wildman–Crippen MR) is 85.7 cm³/mol. The summed E-state index contributed by atoms with van der Waals surface area (Å²) in [6, 6.07) is 10.1. The van der Waals surface area contributed by atoms with E-state index in [0.29, 0.717) is 5.15 Å². The minimum absolute atomic E-state index is 0.445. The summed E-state index contributed by atoms with van der Waals surface area (Å²) in [5, 5.41) is 4.87. The van der Waals surface area contributed by atoms with Crippen LogP contribution in [0.15, 0.2) is 42.9 Å². The zero-order valence-corrected chi connectivity index (χ0v) is 12.4. The van der Waals surface area contributed by atoms with Crippen molar-refractivity contribution < 1.29 is 0 Å². The van der Waals surface area contributed by atoms with Crippen LogP contribution in [0, 0.1) is 6.92 Å². The number of anilines is 1. The second-order valence-corrected chi connectivity index (χ2v) is 5.26. The summed E-state index contributed by atoms with van der Waals surface area (Å²) in [5.41, 5.74) is 3.60. The van der Waals surface area contributed by atoms with Crippen molar-refractivity contribution >= 4 is 28.3 Å². The summed E-state index contributed by atoms with van der Waals surface area (Å²) >= 11 is 5.83. The summed E-state index contributed by atoms with van der Waals surface area (Å²) in [7, 11) is 0. The normalized spacial score (nSPS) is 10.8. The van der Waals surface area contributed by atoms with Gasteiger partial charge in [0.25, 0.3) is 0 Å². The molecular weight excluding hydrogens is 284 g/mol. The van der Waals surface area contributed by atoms with Crippen molar-refractivity contribution in [2.45, 2.75) is 13.3 Å². The van der Waals surface area contributed by atoms with E-state index in [-0.39, 0.29) is 0 Å². The number of fused-ring (bicyclic) bond motifs is 1. The van der Waals surface area contributed by atoms with Crippen LogP contribution in [0.1, 0.15) is 11.1 Å². The lowest BCUT2D eigenvalue weighted by atomic mass is 10.0. The lowest BCUT2D eigenvalue weighted by Gasteiger charge is -2.09. The molecule has 0 fully saturated rings. The molecule has 0 radical (unpaired) electrons. The van der Waals surface area contributed by atoms with Crippen molar-refractivity contribution in [2.24, 2.45) is 0 Å². The summed E-state index contributed by atoms with van der Waals surface area (Å²) in [6.07, 6.45) is 4.19. The molecule has 0 amide bonds. The Labute approximate surface area is 128 Å². The van der Waals surface area contributed by atoms with Gasteiger partial charge in [0.15, 0.2) is 0 Å². The van der Waals surface area contributed by atoms with E-state index in [2.05, 4.69) is 45.4 Å². The Hall–Kier alpha value is -2.20. The standard InChI is InChI=1S/C16H15ClN4/c1-11-7-14-13(3-2-5-18-14)8-12(11)4-6-19-16-9-15(17)20-10-21-16/h2-3,5,7-10H,4,6H2,1H3,(H,19,20,21). The molecule has 106 valence electrons. The van der Waals surface area contributed by atoms with Gasteiger partial charge in [-0.15, -0.1) is 0 Å². The van der Waals surface area contributed by atoms with Gasteiger partial charge in [0.2, 0.25) is 0 Å². The molecular formula is C16H15ClN4. The number of nitrogens with zero attached hydrogens (tertiary/aromatic N) is 3. The van der Waals surface area contributed by atoms with Crippen LogP contribution in [0.3, 0.4) is 0 Å². The highest BCUT2D eigenvalue weighted by Crippen LogP contribution is 2.18. The number of aryl methyl sites for hydroxylation is 1. The lowest BCUT2D eigenvalue weighted by molar-refractivity contribution is 0.990. The molecule has 2 heterocycles. The maximum atomic E-state index is 5.83. The van der Waals surface area contributed by atoms with Crippen LogP contribution in [0.4, 0.5) is 5.82 Å². The summed E-state index contributed by atoms with van der Waals surface area (Å²) in [4.78, 5) is 12.4. The van der Waals surface area contributed by atoms with E-state index < -0.39 is 0 Å². The number of aromatic nitrogens is 3. The average molecular weight is 299 g/mol. The molecule has 0 saturated carbocycles. The van der Waals surface area contributed by atoms with Crippen molar-refractivity contribution in [1.82, 2.24) is 15.0 Å². The topological polar surface area (TPSA) is 50.7 Å². The molecule has 0 atom stereocenters. The van der Waals surface area contributed by atoms with E-state index in [1.807, 2.05) is 12.3 Å². The minimum atomic E-state index is 0.445. The first-order valence-electron chi connectivity index (χ1n) is 6.78. The molecule has 1 aromatic carbocycles. The number of nitrogens with one attached hydrogen (secondary N) is 1. The van der Waals surface area contributed by atoms with Crippen molar-refractivity contribution in [3.8, 4) is 0 Å². The molecule has 0 unspecified atom stereocenters. The molecule has 0 bridgehead atoms. The molecule has 0 aliphatic carbocycles. The third-order valence-electron chi connectivity index (χ3n) is 3.39. The molecule has 4 nitrogen and oxygen atoms in total. The first kappa shape index (κ1) is 13.8. The fourth-order valence-electron chi connectivity index (χ4n) is 2.30. The lowest BCUT2D eigenvalue weighted by Crippen LogP contribution is -2.07. The summed E-state index contributed by atoms with van der Waals surface area (Å²) < 4.78 is 0. The highest BCUT2D eigenvalue weighted by Gasteiger charge is 2.03. The van der Waals surface area contributed by atoms with Crippen molar-refractivity contribution in [1.29, 1.82) is 0 Å². The van der Waals surface area contributed by atoms with Crippen molar-refractivity contribution in [3.63, 3.8) is 0 Å². The highest BCUT2D eigenvalue weighted by atomic mass is 35.5. The van der Waals surface area contributed by atoms with E-state index in [0.717, 1.165) is 24.3 Å². The van der Waals surface area contributed by atoms with Crippen molar-refractivity contribution in [3.05, 3.63) is 59.1 Å². The predicted octanol–water partition coefficient (Wildman–Crippen LogP) is 3.64. The van der Waals surface area contributed by atoms with E-state index >= 15 is 0 Å². The summed E-state index contributed by atoms with van der Waals surface area (Å²) in [5.74, 6) is 0.745. The van der Waals surface area contributed by atoms with Gasteiger partial charge in [-0.1, -0.05) is 17.7 Å². The number of hydrogen-bond acceptors (Lipinski definition) is 4. The Morgan fingerprint density at radius 1 is 1.14 bits per heavy atom. The van der Waals surface area contributed by atoms with E-state index in [1.54, 1.807) is 6.07 Å². The summed E-state index contributed by atoms with van der Waals surface area (Å²) in [6.45, 7) is 2.91. The van der Waals surface area contributed by atoms with Gasteiger partial charge in [-0.3, -0.25) is 4.98 Å². The van der Waals surface area contributed by atoms with Crippen LogP contribution in [0.2, 0.25) is 5.15 Å². The number of benzene rings is 1. The van der Waals surface area contributed by atoms with Crippen LogP contribution in [0.5, 0.6) is 0 Å². The number of rotatable bonds is 4. The molecule has 0 aliphatic rings. The Morgan fingerprint density at radius 2 is 2.05 bits per heavy atom. The number of halogens is 1. The first-order valence-corrected chi connectivity index (χ1v) is 7.16. The molecule has 0 aliphatic heterocycles. The average Bonchev–Trinajstić information content (AvgIpc) is 2.48. The molecule has 21 heavy (non-hydrogen) atoms. The van der Waals surface area contributed by atoms with Gasteiger partial charge in [0, 0.05) is 24.2 Å². The second-order valence-electron chi connectivity index (χ2n) is 4.88. The Bertz CT molecular complexity index is 773. The van der Waals surface area contributed by atoms with Crippen LogP contribution >= 0.6 is 11.6 Å². The zero-order valence-electron chi connectivity index (χ0n) is 11.7. The Kier molecular flexibility index (Phi) is 3.97. The van der Waals surface area contributed by atoms with Gasteiger partial charge < -0.3 is 5.32 Å². The van der Waals surface area contributed by atoms with Gasteiger partial charge in [0.05, 0.1) is 5.52 Å². The largest absolute Gasteiger partial charge is 0.370 e. The number of hydrogen-bond donors (Lipinski definition) is 1. The first-order chi connectivity index (χ1) is 10.2. The number of pyridine rings is 1. The monoisotopic (exact) mass is 298 g/mol. The van der Waals surface area contributed by atoms with Gasteiger partial charge in [0.1, 0.15) is 17.3 Å². The quantitative estimate of drug-likeness (QED) is 0.747. The van der Waals surface area contributed by atoms with Gasteiger partial charge in [-0.25, -0.2) is 9.97 Å². The molecule has 2 aromatic heterocycles. The molecule has 5 heteroatoms. The molecule has 0 saturated heterocycles. The van der Waals surface area contributed by atoms with Crippen LogP contribution < -0.4 is 5.32 Å². The fraction of sp³-hybridized carbons (Fsp3) is 0.188. The van der Waals surface area contributed by atoms with Gasteiger partial charge in [-0.05, 0) is 42.7 Å². The van der Waals surface area contributed by atoms with Crippen LogP contribution in [0.25, 0.3) is 10.9 Å². The second kappa shape index (κ2) is 6.06. The Morgan fingerprint density at radius 3 is 2.90 bits per heavy atom. The fourth-order valence-corrected chi connectivity index (χ4v) is 2.44. The van der Waals surface area contributed by atoms with Crippen LogP contribution in [-0.4, -0.2) is 21.5 Å². The third kappa shape index (κ3) is 3.28. The maximum absolute atomic E-state index is 5.83. The maximum Gasteiger partial charge on any atom is 0.134 e. The van der Waals surface area contributed by atoms with Crippen LogP contribution in [-0.2, 0) is 6.42 Å². The van der Waals surface area contributed by atoms with E-state index in [4.69, 9.17) is 11.6 Å². The molecule has 3 aromatic rings. The van der Waals surface area contributed by atoms with E-state index in [1.165, 1.54) is 22.8 Å². The molecule has 0 spiro atoms.